The lowest BCUT2D eigenvalue weighted by molar-refractivity contribution is -0.107. The predicted molar refractivity (Wildman–Crippen MR) is 86.6 cm³/mol. The predicted octanol–water partition coefficient (Wildman–Crippen LogP) is 4.01. The van der Waals surface area contributed by atoms with Crippen LogP contribution in [0.3, 0.4) is 0 Å². The van der Waals surface area contributed by atoms with E-state index in [-0.39, 0.29) is 0 Å². The molecule has 0 spiro atoms. The largest absolute Gasteiger partial charge is 0.471 e. The maximum Gasteiger partial charge on any atom is 0.471 e. The van der Waals surface area contributed by atoms with Gasteiger partial charge in [-0.3, -0.25) is 4.52 Å². The topological polar surface area (TPSA) is 85.2 Å². The SMILES string of the molecule is CCCCCCOCCC(OCCCCCC)OP(=O)(O)O. The third-order valence-corrected chi connectivity index (χ3v) is 3.71. The van der Waals surface area contributed by atoms with Gasteiger partial charge < -0.3 is 19.3 Å². The van der Waals surface area contributed by atoms with Crippen LogP contribution in [0.15, 0.2) is 0 Å². The summed E-state index contributed by atoms with van der Waals surface area (Å²) in [5.41, 5.74) is 0. The normalized spacial score (nSPS) is 13.5. The van der Waals surface area contributed by atoms with Crippen LogP contribution < -0.4 is 0 Å². The number of hydrogen-bond acceptors (Lipinski definition) is 4. The summed E-state index contributed by atoms with van der Waals surface area (Å²) in [6.45, 7) is 5.77. The summed E-state index contributed by atoms with van der Waals surface area (Å²) in [4.78, 5) is 17.8. The van der Waals surface area contributed by atoms with Gasteiger partial charge in [0.15, 0.2) is 6.29 Å². The molecule has 0 rings (SSSR count). The van der Waals surface area contributed by atoms with Gasteiger partial charge in [-0.1, -0.05) is 52.4 Å². The van der Waals surface area contributed by atoms with Gasteiger partial charge in [-0.2, -0.15) is 0 Å². The van der Waals surface area contributed by atoms with E-state index in [4.69, 9.17) is 19.3 Å². The summed E-state index contributed by atoms with van der Waals surface area (Å²) in [5, 5.41) is 0. The Kier molecular flexibility index (Phi) is 14.6. The van der Waals surface area contributed by atoms with Crippen molar-refractivity contribution in [3.63, 3.8) is 0 Å². The number of ether oxygens (including phenoxy) is 2. The number of phosphoric acid groups is 1. The zero-order chi connectivity index (χ0) is 16.7. The fraction of sp³-hybridized carbons (Fsp3) is 1.00. The summed E-state index contributed by atoms with van der Waals surface area (Å²) in [6, 6.07) is 0. The van der Waals surface area contributed by atoms with Crippen LogP contribution in [0.1, 0.15) is 71.6 Å². The van der Waals surface area contributed by atoms with E-state index in [1.807, 2.05) is 0 Å². The maximum absolute atomic E-state index is 10.9. The van der Waals surface area contributed by atoms with Crippen molar-refractivity contribution in [1.82, 2.24) is 0 Å². The molecule has 0 fully saturated rings. The van der Waals surface area contributed by atoms with Crippen LogP contribution in [0.5, 0.6) is 0 Å². The Hall–Kier alpha value is 0.0300. The summed E-state index contributed by atoms with van der Waals surface area (Å²) in [5.74, 6) is 0. The molecule has 6 nitrogen and oxygen atoms in total. The average molecular weight is 340 g/mol. The fourth-order valence-corrected chi connectivity index (χ4v) is 2.45. The van der Waals surface area contributed by atoms with E-state index in [1.165, 1.54) is 12.8 Å². The summed E-state index contributed by atoms with van der Waals surface area (Å²) in [7, 11) is -4.53. The number of hydrogen-bond donors (Lipinski definition) is 2. The van der Waals surface area contributed by atoms with Crippen molar-refractivity contribution in [2.45, 2.75) is 77.9 Å². The molecule has 0 aliphatic rings. The van der Waals surface area contributed by atoms with Gasteiger partial charge in [-0.15, -0.1) is 0 Å². The maximum atomic E-state index is 10.9. The first-order valence-electron chi connectivity index (χ1n) is 8.43. The van der Waals surface area contributed by atoms with E-state index in [0.29, 0.717) is 26.2 Å². The first-order valence-corrected chi connectivity index (χ1v) is 9.96. The van der Waals surface area contributed by atoms with Crippen molar-refractivity contribution in [2.75, 3.05) is 19.8 Å². The first kappa shape index (κ1) is 22.0. The average Bonchev–Trinajstić information content (AvgIpc) is 2.44. The number of rotatable bonds is 16. The molecule has 1 unspecified atom stereocenters. The Morgan fingerprint density at radius 2 is 1.45 bits per heavy atom. The van der Waals surface area contributed by atoms with E-state index in [9.17, 15) is 4.57 Å². The molecule has 0 amide bonds. The molecule has 7 heteroatoms. The van der Waals surface area contributed by atoms with Crippen molar-refractivity contribution < 1.29 is 28.3 Å². The van der Waals surface area contributed by atoms with Crippen molar-refractivity contribution >= 4 is 7.82 Å². The van der Waals surface area contributed by atoms with Crippen LogP contribution in [0.2, 0.25) is 0 Å². The smallest absolute Gasteiger partial charge is 0.381 e. The van der Waals surface area contributed by atoms with E-state index in [0.717, 1.165) is 38.5 Å². The molecule has 0 aromatic carbocycles. The molecule has 0 saturated heterocycles. The van der Waals surface area contributed by atoms with Crippen LogP contribution in [0, 0.1) is 0 Å². The minimum atomic E-state index is -4.53. The van der Waals surface area contributed by atoms with E-state index in [2.05, 4.69) is 18.4 Å². The van der Waals surface area contributed by atoms with Gasteiger partial charge in [0.1, 0.15) is 0 Å². The lowest BCUT2D eigenvalue weighted by Crippen LogP contribution is -2.19. The van der Waals surface area contributed by atoms with Crippen molar-refractivity contribution in [3.05, 3.63) is 0 Å². The monoisotopic (exact) mass is 340 g/mol. The Balaban J connectivity index is 3.81. The molecule has 2 N–H and O–H groups in total. The molecule has 0 bridgehead atoms. The second-order valence-electron chi connectivity index (χ2n) is 5.42. The van der Waals surface area contributed by atoms with Crippen molar-refractivity contribution in [2.24, 2.45) is 0 Å². The molecule has 0 heterocycles. The first-order chi connectivity index (χ1) is 10.5. The highest BCUT2D eigenvalue weighted by molar-refractivity contribution is 7.46. The molecule has 0 saturated carbocycles. The molecule has 1 atom stereocenters. The zero-order valence-corrected chi connectivity index (χ0v) is 14.9. The van der Waals surface area contributed by atoms with E-state index < -0.39 is 14.1 Å². The zero-order valence-electron chi connectivity index (χ0n) is 14.0. The number of unbranched alkanes of at least 4 members (excludes halogenated alkanes) is 6. The van der Waals surface area contributed by atoms with Gasteiger partial charge in [0, 0.05) is 19.6 Å². The van der Waals surface area contributed by atoms with E-state index in [1.54, 1.807) is 0 Å². The molecule has 22 heavy (non-hydrogen) atoms. The third kappa shape index (κ3) is 16.4. The van der Waals surface area contributed by atoms with Crippen LogP contribution >= 0.6 is 7.82 Å². The van der Waals surface area contributed by atoms with Gasteiger partial charge in [0.05, 0.1) is 6.61 Å². The summed E-state index contributed by atoms with van der Waals surface area (Å²) in [6.07, 6.45) is 8.15. The standard InChI is InChI=1S/C15H33O6P/c1-3-5-7-9-12-19-14-11-15(21-22(16,17)18)20-13-10-8-6-4-2/h15H,3-14H2,1-2H3,(H2,16,17,18). The quantitative estimate of drug-likeness (QED) is 0.251. The van der Waals surface area contributed by atoms with Crippen molar-refractivity contribution in [3.8, 4) is 0 Å². The van der Waals surface area contributed by atoms with Crippen LogP contribution in [0.4, 0.5) is 0 Å². The highest BCUT2D eigenvalue weighted by Gasteiger charge is 2.22. The second-order valence-corrected chi connectivity index (χ2v) is 6.61. The minimum Gasteiger partial charge on any atom is -0.381 e. The Bertz CT molecular complexity index is 281. The Morgan fingerprint density at radius 3 is 2.00 bits per heavy atom. The molecule has 134 valence electrons. The summed E-state index contributed by atoms with van der Waals surface area (Å²) < 4.78 is 26.5. The lowest BCUT2D eigenvalue weighted by Gasteiger charge is -2.18. The van der Waals surface area contributed by atoms with Gasteiger partial charge in [-0.05, 0) is 12.8 Å². The Labute approximate surface area is 134 Å². The molecule has 0 aliphatic heterocycles. The number of phosphoric ester groups is 1. The highest BCUT2D eigenvalue weighted by Crippen LogP contribution is 2.38. The lowest BCUT2D eigenvalue weighted by atomic mass is 10.2. The van der Waals surface area contributed by atoms with Gasteiger partial charge in [0.25, 0.3) is 0 Å². The summed E-state index contributed by atoms with van der Waals surface area (Å²) >= 11 is 0. The van der Waals surface area contributed by atoms with Crippen LogP contribution in [0.25, 0.3) is 0 Å². The van der Waals surface area contributed by atoms with Gasteiger partial charge >= 0.3 is 7.82 Å². The molecular formula is C15H33O6P. The van der Waals surface area contributed by atoms with Gasteiger partial charge in [-0.25, -0.2) is 4.57 Å². The van der Waals surface area contributed by atoms with Crippen LogP contribution in [-0.4, -0.2) is 35.9 Å². The van der Waals surface area contributed by atoms with Crippen LogP contribution in [-0.2, 0) is 18.6 Å². The molecule has 0 aromatic heterocycles. The van der Waals surface area contributed by atoms with Gasteiger partial charge in [0.2, 0.25) is 0 Å². The minimum absolute atomic E-state index is 0.326. The molecule has 0 aromatic rings. The molecule has 0 radical (unpaired) electrons. The van der Waals surface area contributed by atoms with E-state index >= 15 is 0 Å². The second kappa shape index (κ2) is 14.6. The third-order valence-electron chi connectivity index (χ3n) is 3.20. The highest BCUT2D eigenvalue weighted by atomic mass is 31.2. The fourth-order valence-electron chi connectivity index (χ4n) is 1.98. The Morgan fingerprint density at radius 1 is 0.864 bits per heavy atom. The van der Waals surface area contributed by atoms with Crippen molar-refractivity contribution in [1.29, 1.82) is 0 Å². The molecular weight excluding hydrogens is 307 g/mol. The molecule has 0 aliphatic carbocycles.